The van der Waals surface area contributed by atoms with Gasteiger partial charge in [0.2, 0.25) is 24.1 Å². The van der Waals surface area contributed by atoms with Crippen molar-refractivity contribution in [3.05, 3.63) is 48.0 Å². The molecule has 10 nitrogen and oxygen atoms in total. The van der Waals surface area contributed by atoms with E-state index in [1.54, 1.807) is 0 Å². The number of nitrogens with zero attached hydrogens (tertiary/aromatic N) is 4. The quantitative estimate of drug-likeness (QED) is 0.219. The summed E-state index contributed by atoms with van der Waals surface area (Å²) < 4.78 is 2.52. The van der Waals surface area contributed by atoms with Crippen LogP contribution in [0.5, 0.6) is 0 Å². The molecule has 0 spiro atoms. The van der Waals surface area contributed by atoms with Crippen LogP contribution >= 0.6 is 11.9 Å². The molecule has 3 heterocycles. The molecule has 0 aliphatic carbocycles. The number of anilines is 4. The fourth-order valence-electron chi connectivity index (χ4n) is 6.55. The summed E-state index contributed by atoms with van der Waals surface area (Å²) in [5, 5.41) is 5.51. The largest absolute Gasteiger partial charge is 0.376 e. The van der Waals surface area contributed by atoms with Gasteiger partial charge in [-0.05, 0) is 81.8 Å². The highest BCUT2D eigenvalue weighted by Gasteiger charge is 2.34. The second kappa shape index (κ2) is 14.2. The van der Waals surface area contributed by atoms with Gasteiger partial charge in [-0.1, -0.05) is 30.5 Å². The first-order valence-corrected chi connectivity index (χ1v) is 16.9. The van der Waals surface area contributed by atoms with Gasteiger partial charge in [-0.2, -0.15) is 0 Å². The highest BCUT2D eigenvalue weighted by Crippen LogP contribution is 2.37. The van der Waals surface area contributed by atoms with Gasteiger partial charge < -0.3 is 20.0 Å². The van der Waals surface area contributed by atoms with Gasteiger partial charge in [-0.25, -0.2) is 4.31 Å². The summed E-state index contributed by atoms with van der Waals surface area (Å²) in [7, 11) is 3.80. The van der Waals surface area contributed by atoms with E-state index in [1.165, 1.54) is 29.7 Å². The van der Waals surface area contributed by atoms with Crippen molar-refractivity contribution in [2.24, 2.45) is 5.92 Å². The van der Waals surface area contributed by atoms with E-state index in [0.717, 1.165) is 55.3 Å². The third kappa shape index (κ3) is 7.81. The van der Waals surface area contributed by atoms with Gasteiger partial charge in [0.1, 0.15) is 6.04 Å². The number of carbonyl (C=O) groups excluding carboxylic acids is 4. The molecule has 2 aromatic carbocycles. The molecule has 0 aromatic heterocycles. The van der Waals surface area contributed by atoms with E-state index in [4.69, 9.17) is 0 Å². The zero-order valence-corrected chi connectivity index (χ0v) is 27.7. The Morgan fingerprint density at radius 3 is 2.51 bits per heavy atom. The minimum Gasteiger partial charge on any atom is -0.376 e. The second-order valence-electron chi connectivity index (χ2n) is 13.1. The van der Waals surface area contributed by atoms with Crippen molar-refractivity contribution in [1.82, 2.24) is 9.62 Å². The van der Waals surface area contributed by atoms with Crippen LogP contribution in [0.15, 0.2) is 42.5 Å². The van der Waals surface area contributed by atoms with Gasteiger partial charge in [-0.15, -0.1) is 0 Å². The lowest BCUT2D eigenvalue weighted by atomic mass is 9.93. The zero-order chi connectivity index (χ0) is 32.1. The molecule has 3 aliphatic heterocycles. The van der Waals surface area contributed by atoms with Crippen molar-refractivity contribution in [3.8, 4) is 0 Å². The first kappa shape index (κ1) is 32.8. The smallest absolute Gasteiger partial charge is 0.249 e. The first-order chi connectivity index (χ1) is 21.6. The molecule has 2 aromatic rings. The van der Waals surface area contributed by atoms with Crippen LogP contribution < -0.4 is 25.3 Å². The van der Waals surface area contributed by atoms with Crippen molar-refractivity contribution in [3.63, 3.8) is 0 Å². The van der Waals surface area contributed by atoms with E-state index in [2.05, 4.69) is 45.8 Å². The van der Waals surface area contributed by atoms with Gasteiger partial charge in [0.05, 0.1) is 11.4 Å². The standard InChI is InChI=1S/C34H46N6O4S/c1-34(2)16-5-6-17-40(34)45-22-24-8-7-9-26(20-24)35-32(43)25-14-18-38(19-15-25)27-10-11-28(30(21-27)37(3)4)39(23-41)29-12-13-31(42)36-33(29)44/h7-11,20-21,23,25,29H,5-6,12-19,22H2,1-4H3,(H,35,43)(H,36,42,44). The summed E-state index contributed by atoms with van der Waals surface area (Å²) in [5.74, 6) is 0.102. The summed E-state index contributed by atoms with van der Waals surface area (Å²) in [6.45, 7) is 7.23. The Morgan fingerprint density at radius 2 is 1.82 bits per heavy atom. The number of rotatable bonds is 10. The topological polar surface area (TPSA) is 105 Å². The van der Waals surface area contributed by atoms with Gasteiger partial charge in [0.15, 0.2) is 0 Å². The van der Waals surface area contributed by atoms with Crippen molar-refractivity contribution in [2.45, 2.75) is 76.1 Å². The average molecular weight is 635 g/mol. The van der Waals surface area contributed by atoms with Gasteiger partial charge in [0.25, 0.3) is 0 Å². The Morgan fingerprint density at radius 1 is 1.04 bits per heavy atom. The van der Waals surface area contributed by atoms with E-state index < -0.39 is 11.9 Å². The molecule has 3 aliphatic rings. The lowest BCUT2D eigenvalue weighted by Gasteiger charge is -2.41. The maximum absolute atomic E-state index is 13.3. The summed E-state index contributed by atoms with van der Waals surface area (Å²) in [6, 6.07) is 13.3. The molecule has 0 radical (unpaired) electrons. The molecule has 1 unspecified atom stereocenters. The van der Waals surface area contributed by atoms with E-state index in [-0.39, 0.29) is 36.1 Å². The van der Waals surface area contributed by atoms with E-state index in [0.29, 0.717) is 12.1 Å². The number of amides is 4. The highest BCUT2D eigenvalue weighted by molar-refractivity contribution is 7.96. The molecular weight excluding hydrogens is 588 g/mol. The van der Waals surface area contributed by atoms with E-state index in [1.807, 2.05) is 61.3 Å². The lowest BCUT2D eigenvalue weighted by Crippen LogP contribution is -2.52. The van der Waals surface area contributed by atoms with Crippen LogP contribution in [-0.2, 0) is 24.9 Å². The Kier molecular flexibility index (Phi) is 10.4. The molecule has 11 heteroatoms. The van der Waals surface area contributed by atoms with Crippen LogP contribution in [0.4, 0.5) is 22.7 Å². The molecule has 0 saturated carbocycles. The summed E-state index contributed by atoms with van der Waals surface area (Å²) in [5.41, 5.74) is 4.68. The number of imide groups is 1. The van der Waals surface area contributed by atoms with Crippen molar-refractivity contribution >= 4 is 58.8 Å². The summed E-state index contributed by atoms with van der Waals surface area (Å²) in [4.78, 5) is 55.2. The van der Waals surface area contributed by atoms with Gasteiger partial charge >= 0.3 is 0 Å². The Bertz CT molecular complexity index is 1410. The number of hydrogen-bond donors (Lipinski definition) is 2. The van der Waals surface area contributed by atoms with Gasteiger partial charge in [-0.3, -0.25) is 24.5 Å². The predicted molar refractivity (Wildman–Crippen MR) is 181 cm³/mol. The van der Waals surface area contributed by atoms with E-state index >= 15 is 0 Å². The molecule has 45 heavy (non-hydrogen) atoms. The Balaban J connectivity index is 1.18. The minimum atomic E-state index is -0.736. The predicted octanol–water partition coefficient (Wildman–Crippen LogP) is 4.79. The van der Waals surface area contributed by atoms with Gasteiger partial charge in [0, 0.05) is 68.7 Å². The van der Waals surface area contributed by atoms with Crippen LogP contribution in [0.3, 0.4) is 0 Å². The summed E-state index contributed by atoms with van der Waals surface area (Å²) in [6.07, 6.45) is 6.38. The SMILES string of the molecule is CN(C)c1cc(N2CCC(C(=O)Nc3cccc(CSN4CCCCC4(C)C)c3)CC2)ccc1N(C=O)C1CCC(=O)NC1=O. The number of benzene rings is 2. The maximum atomic E-state index is 13.3. The zero-order valence-electron chi connectivity index (χ0n) is 26.9. The molecule has 3 fully saturated rings. The van der Waals surface area contributed by atoms with E-state index in [9.17, 15) is 19.2 Å². The van der Waals surface area contributed by atoms with Crippen LogP contribution in [-0.4, -0.2) is 73.7 Å². The minimum absolute atomic E-state index is 0.0619. The maximum Gasteiger partial charge on any atom is 0.249 e. The van der Waals surface area contributed by atoms with Crippen molar-refractivity contribution in [1.29, 1.82) is 0 Å². The fourth-order valence-corrected chi connectivity index (χ4v) is 7.73. The number of piperidine rings is 3. The number of carbonyl (C=O) groups is 4. The molecule has 3 saturated heterocycles. The molecule has 1 atom stereocenters. The van der Waals surface area contributed by atoms with Crippen LogP contribution in [0, 0.1) is 5.92 Å². The first-order valence-electron chi connectivity index (χ1n) is 16.0. The lowest BCUT2D eigenvalue weighted by molar-refractivity contribution is -0.135. The number of nitrogens with one attached hydrogen (secondary N) is 2. The molecule has 0 bridgehead atoms. The summed E-state index contributed by atoms with van der Waals surface area (Å²) >= 11 is 1.89. The fraction of sp³-hybridized carbons (Fsp3) is 0.529. The normalized spacial score (nSPS) is 20.8. The Hall–Kier alpha value is -3.57. The monoisotopic (exact) mass is 634 g/mol. The Labute approximate surface area is 271 Å². The van der Waals surface area contributed by atoms with Crippen molar-refractivity contribution in [2.75, 3.05) is 53.7 Å². The third-order valence-electron chi connectivity index (χ3n) is 9.27. The molecule has 242 valence electrons. The second-order valence-corrected chi connectivity index (χ2v) is 14.1. The molecule has 4 amide bonds. The van der Waals surface area contributed by atoms with Crippen LogP contribution in [0.25, 0.3) is 0 Å². The molecule has 2 N–H and O–H groups in total. The third-order valence-corrected chi connectivity index (χ3v) is 10.7. The van der Waals surface area contributed by atoms with Crippen molar-refractivity contribution < 1.29 is 19.2 Å². The molecule has 5 rings (SSSR count). The average Bonchev–Trinajstić information content (AvgIpc) is 3.02. The van der Waals surface area contributed by atoms with Crippen LogP contribution in [0.2, 0.25) is 0 Å². The number of hydrogen-bond acceptors (Lipinski definition) is 8. The van der Waals surface area contributed by atoms with Crippen LogP contribution in [0.1, 0.15) is 64.4 Å². The molecular formula is C34H46N6O4S. The highest BCUT2D eigenvalue weighted by atomic mass is 32.2.